The molecule has 0 aliphatic carbocycles. The Bertz CT molecular complexity index is 232. The topological polar surface area (TPSA) is 60.2 Å². The van der Waals surface area contributed by atoms with Gasteiger partial charge in [-0.3, -0.25) is 9.59 Å². The van der Waals surface area contributed by atoms with Crippen LogP contribution in [0.3, 0.4) is 0 Å². The van der Waals surface area contributed by atoms with E-state index in [1.54, 1.807) is 0 Å². The van der Waals surface area contributed by atoms with E-state index < -0.39 is 0 Å². The van der Waals surface area contributed by atoms with Gasteiger partial charge in [0.15, 0.2) is 5.12 Å². The van der Waals surface area contributed by atoms with Crippen LogP contribution in [-0.4, -0.2) is 23.2 Å². The van der Waals surface area contributed by atoms with Crippen molar-refractivity contribution in [3.05, 3.63) is 0 Å². The Balaban J connectivity index is 3.34. The van der Waals surface area contributed by atoms with Crippen LogP contribution in [0.25, 0.3) is 0 Å². The number of nitrogens with two attached hydrogens (primary N) is 1. The second kappa shape index (κ2) is 13.1. The molecule has 0 aromatic carbocycles. The maximum Gasteiger partial charge on any atom is 0.196 e. The highest BCUT2D eigenvalue weighted by Crippen LogP contribution is 2.11. The average molecular weight is 273 g/mol. The first-order valence-corrected chi connectivity index (χ1v) is 8.06. The van der Waals surface area contributed by atoms with Gasteiger partial charge in [0.05, 0.1) is 6.42 Å². The maximum absolute atomic E-state index is 11.5. The van der Waals surface area contributed by atoms with Gasteiger partial charge in [0.1, 0.15) is 5.78 Å². The van der Waals surface area contributed by atoms with Crippen molar-refractivity contribution in [3.63, 3.8) is 0 Å². The van der Waals surface area contributed by atoms with Crippen LogP contribution in [-0.2, 0) is 9.59 Å². The number of thioether (sulfide) groups is 1. The molecule has 0 unspecified atom stereocenters. The number of Topliss-reactive ketones (excluding diaryl/α,β-unsaturated/α-hetero) is 1. The van der Waals surface area contributed by atoms with Crippen LogP contribution >= 0.6 is 11.8 Å². The third-order valence-electron chi connectivity index (χ3n) is 2.78. The van der Waals surface area contributed by atoms with E-state index in [1.165, 1.54) is 43.9 Å². The summed E-state index contributed by atoms with van der Waals surface area (Å²) in [6.45, 7) is 2.70. The highest BCUT2D eigenvalue weighted by atomic mass is 32.2. The summed E-state index contributed by atoms with van der Waals surface area (Å²) < 4.78 is 0. The molecule has 4 heteroatoms. The molecule has 0 heterocycles. The SMILES string of the molecule is CCCCCCCCCC(=O)CC(=O)SCCN. The molecule has 0 amide bonds. The van der Waals surface area contributed by atoms with E-state index in [0.29, 0.717) is 18.7 Å². The normalized spacial score (nSPS) is 10.6. The van der Waals surface area contributed by atoms with Gasteiger partial charge in [0, 0.05) is 18.7 Å². The molecule has 0 bridgehead atoms. The first-order valence-electron chi connectivity index (χ1n) is 7.08. The number of unbranched alkanes of at least 4 members (excludes halogenated alkanes) is 6. The summed E-state index contributed by atoms with van der Waals surface area (Å²) in [6, 6.07) is 0. The Morgan fingerprint density at radius 1 is 1.00 bits per heavy atom. The largest absolute Gasteiger partial charge is 0.330 e. The molecule has 0 atom stereocenters. The number of carbonyl (C=O) groups is 2. The van der Waals surface area contributed by atoms with Crippen LogP contribution < -0.4 is 5.73 Å². The van der Waals surface area contributed by atoms with Gasteiger partial charge in [-0.1, -0.05) is 57.2 Å². The molecule has 0 aliphatic rings. The predicted molar refractivity (Wildman–Crippen MR) is 78.8 cm³/mol. The monoisotopic (exact) mass is 273 g/mol. The fourth-order valence-electron chi connectivity index (χ4n) is 1.75. The van der Waals surface area contributed by atoms with Gasteiger partial charge in [0.2, 0.25) is 0 Å². The van der Waals surface area contributed by atoms with E-state index in [1.807, 2.05) is 0 Å². The van der Waals surface area contributed by atoms with Crippen LogP contribution in [0.2, 0.25) is 0 Å². The number of ketones is 1. The second-order valence-electron chi connectivity index (χ2n) is 4.60. The van der Waals surface area contributed by atoms with Crippen molar-refractivity contribution in [3.8, 4) is 0 Å². The molecule has 0 radical (unpaired) electrons. The molecule has 0 aromatic heterocycles. The Morgan fingerprint density at radius 3 is 2.22 bits per heavy atom. The quantitative estimate of drug-likeness (QED) is 0.438. The molecule has 0 saturated carbocycles. The molecule has 2 N–H and O–H groups in total. The Kier molecular flexibility index (Phi) is 12.8. The lowest BCUT2D eigenvalue weighted by molar-refractivity contribution is -0.123. The zero-order chi connectivity index (χ0) is 13.6. The van der Waals surface area contributed by atoms with Crippen molar-refractivity contribution in [2.24, 2.45) is 5.73 Å². The van der Waals surface area contributed by atoms with Gasteiger partial charge < -0.3 is 5.73 Å². The summed E-state index contributed by atoms with van der Waals surface area (Å²) in [7, 11) is 0. The van der Waals surface area contributed by atoms with E-state index in [9.17, 15) is 9.59 Å². The van der Waals surface area contributed by atoms with Gasteiger partial charge >= 0.3 is 0 Å². The smallest absolute Gasteiger partial charge is 0.196 e. The van der Waals surface area contributed by atoms with E-state index in [4.69, 9.17) is 5.73 Å². The Hall–Kier alpha value is -0.350. The Labute approximate surface area is 115 Å². The first-order chi connectivity index (χ1) is 8.70. The third kappa shape index (κ3) is 12.1. The highest BCUT2D eigenvalue weighted by molar-refractivity contribution is 8.13. The van der Waals surface area contributed by atoms with Crippen LogP contribution in [0.15, 0.2) is 0 Å². The van der Waals surface area contributed by atoms with Gasteiger partial charge in [-0.15, -0.1) is 0 Å². The minimum atomic E-state index is -0.0339. The van der Waals surface area contributed by atoms with Crippen molar-refractivity contribution in [2.45, 2.75) is 64.7 Å². The zero-order valence-corrected chi connectivity index (χ0v) is 12.4. The number of carbonyl (C=O) groups excluding carboxylic acids is 2. The first kappa shape index (κ1) is 17.6. The van der Waals surface area contributed by atoms with Crippen LogP contribution in [0.1, 0.15) is 64.7 Å². The van der Waals surface area contributed by atoms with Crippen LogP contribution in [0.4, 0.5) is 0 Å². The zero-order valence-electron chi connectivity index (χ0n) is 11.6. The Morgan fingerprint density at radius 2 is 1.61 bits per heavy atom. The van der Waals surface area contributed by atoms with Crippen LogP contribution in [0, 0.1) is 0 Å². The van der Waals surface area contributed by atoms with Crippen molar-refractivity contribution in [1.82, 2.24) is 0 Å². The summed E-state index contributed by atoms with van der Waals surface area (Å²) in [4.78, 5) is 22.8. The molecule has 0 spiro atoms. The summed E-state index contributed by atoms with van der Waals surface area (Å²) in [5, 5.41) is -0.0339. The lowest BCUT2D eigenvalue weighted by atomic mass is 10.1. The molecule has 106 valence electrons. The summed E-state index contributed by atoms with van der Waals surface area (Å²) >= 11 is 1.17. The van der Waals surface area contributed by atoms with Crippen molar-refractivity contribution in [2.75, 3.05) is 12.3 Å². The fourth-order valence-corrected chi connectivity index (χ4v) is 2.36. The lowest BCUT2D eigenvalue weighted by Gasteiger charge is -2.01. The van der Waals surface area contributed by atoms with E-state index >= 15 is 0 Å². The number of hydrogen-bond acceptors (Lipinski definition) is 4. The minimum Gasteiger partial charge on any atom is -0.330 e. The standard InChI is InChI=1S/C14H27NO2S/c1-2-3-4-5-6-7-8-9-13(16)12-14(17)18-11-10-15/h2-12,15H2,1H3. The maximum atomic E-state index is 11.5. The molecular weight excluding hydrogens is 246 g/mol. The minimum absolute atomic E-state index is 0.0339. The van der Waals surface area contributed by atoms with Crippen molar-refractivity contribution in [1.29, 1.82) is 0 Å². The fraction of sp³-hybridized carbons (Fsp3) is 0.857. The molecule has 0 saturated heterocycles. The van der Waals surface area contributed by atoms with Crippen molar-refractivity contribution >= 4 is 22.7 Å². The van der Waals surface area contributed by atoms with E-state index in [0.717, 1.165) is 12.8 Å². The van der Waals surface area contributed by atoms with Gasteiger partial charge in [-0.2, -0.15) is 0 Å². The van der Waals surface area contributed by atoms with Gasteiger partial charge in [0.25, 0.3) is 0 Å². The molecular formula is C14H27NO2S. The highest BCUT2D eigenvalue weighted by Gasteiger charge is 2.09. The van der Waals surface area contributed by atoms with Gasteiger partial charge in [-0.25, -0.2) is 0 Å². The number of rotatable bonds is 12. The van der Waals surface area contributed by atoms with E-state index in [2.05, 4.69) is 6.92 Å². The molecule has 0 aromatic rings. The molecule has 18 heavy (non-hydrogen) atoms. The predicted octanol–water partition coefficient (Wildman–Crippen LogP) is 3.30. The lowest BCUT2D eigenvalue weighted by Crippen LogP contribution is -2.08. The third-order valence-corrected chi connectivity index (χ3v) is 3.69. The number of hydrogen-bond donors (Lipinski definition) is 1. The summed E-state index contributed by atoms with van der Waals surface area (Å²) in [5.41, 5.74) is 5.30. The molecule has 0 rings (SSSR count). The molecule has 0 aliphatic heterocycles. The molecule has 3 nitrogen and oxygen atoms in total. The average Bonchev–Trinajstić information content (AvgIpc) is 2.35. The summed E-state index contributed by atoms with van der Waals surface area (Å²) in [6.07, 6.45) is 9.05. The van der Waals surface area contributed by atoms with Gasteiger partial charge in [-0.05, 0) is 6.42 Å². The summed E-state index contributed by atoms with van der Waals surface area (Å²) in [5.74, 6) is 0.696. The molecule has 0 fully saturated rings. The second-order valence-corrected chi connectivity index (χ2v) is 5.75. The van der Waals surface area contributed by atoms with Crippen molar-refractivity contribution < 1.29 is 9.59 Å². The van der Waals surface area contributed by atoms with E-state index in [-0.39, 0.29) is 17.3 Å². The van der Waals surface area contributed by atoms with Crippen LogP contribution in [0.5, 0.6) is 0 Å².